The minimum atomic E-state index is -0.230. The Balaban J connectivity index is 1.80. The molecule has 1 aliphatic rings. The fourth-order valence-electron chi connectivity index (χ4n) is 3.67. The molecular weight excluding hydrogens is 320 g/mol. The lowest BCUT2D eigenvalue weighted by Gasteiger charge is -2.29. The van der Waals surface area contributed by atoms with Crippen molar-refractivity contribution in [3.8, 4) is 5.75 Å². The molecule has 0 radical (unpaired) electrons. The van der Waals surface area contributed by atoms with Gasteiger partial charge in [0.1, 0.15) is 5.75 Å². The predicted octanol–water partition coefficient (Wildman–Crippen LogP) is 5.47. The van der Waals surface area contributed by atoms with Crippen LogP contribution in [0.1, 0.15) is 38.9 Å². The summed E-state index contributed by atoms with van der Waals surface area (Å²) in [6, 6.07) is 25.7. The minimum Gasteiger partial charge on any atom is -0.497 e. The molecule has 0 saturated heterocycles. The summed E-state index contributed by atoms with van der Waals surface area (Å²) in [6.45, 7) is 0. The summed E-state index contributed by atoms with van der Waals surface area (Å²) in [4.78, 5) is 13.4. The van der Waals surface area contributed by atoms with E-state index in [-0.39, 0.29) is 17.6 Å². The smallest absolute Gasteiger partial charge is 0.171 e. The average molecular weight is 340 g/mol. The third kappa shape index (κ3) is 2.95. The lowest BCUT2D eigenvalue weighted by Crippen LogP contribution is -2.22. The molecule has 0 spiro atoms. The first-order chi connectivity index (χ1) is 12.8. The van der Waals surface area contributed by atoms with Crippen molar-refractivity contribution in [2.24, 2.45) is 0 Å². The van der Waals surface area contributed by atoms with Gasteiger partial charge in [0.05, 0.1) is 13.0 Å². The zero-order valence-corrected chi connectivity index (χ0v) is 14.6. The van der Waals surface area contributed by atoms with E-state index in [1.54, 1.807) is 7.11 Å². The van der Waals surface area contributed by atoms with Crippen molar-refractivity contribution >= 4 is 11.9 Å². The third-order valence-electron chi connectivity index (χ3n) is 5.01. The van der Waals surface area contributed by atoms with Gasteiger partial charge >= 0.3 is 0 Å². The number of allylic oxidation sites excluding steroid dienone is 1. The van der Waals surface area contributed by atoms with Gasteiger partial charge in [-0.2, -0.15) is 0 Å². The number of methoxy groups -OCH3 is 1. The second-order valence-electron chi connectivity index (χ2n) is 6.49. The summed E-state index contributed by atoms with van der Waals surface area (Å²) in [5, 5.41) is 0. The number of carbonyl (C=O) groups is 1. The summed E-state index contributed by atoms with van der Waals surface area (Å²) in [6.07, 6.45) is 4.27. The molecule has 2 atom stereocenters. The van der Waals surface area contributed by atoms with Crippen LogP contribution in [0.2, 0.25) is 0 Å². The first-order valence-corrected chi connectivity index (χ1v) is 8.78. The maximum absolute atomic E-state index is 13.4. The summed E-state index contributed by atoms with van der Waals surface area (Å²) in [7, 11) is 1.66. The fourth-order valence-corrected chi connectivity index (χ4v) is 3.67. The van der Waals surface area contributed by atoms with Crippen LogP contribution >= 0.6 is 0 Å². The quantitative estimate of drug-likeness (QED) is 0.589. The highest BCUT2D eigenvalue weighted by molar-refractivity contribution is 6.03. The first-order valence-electron chi connectivity index (χ1n) is 8.78. The monoisotopic (exact) mass is 340 g/mol. The summed E-state index contributed by atoms with van der Waals surface area (Å²) in [5.41, 5.74) is 4.07. The lowest BCUT2D eigenvalue weighted by molar-refractivity contribution is 0.0952. The van der Waals surface area contributed by atoms with Crippen LogP contribution in [0.25, 0.3) is 6.08 Å². The number of hydrogen-bond donors (Lipinski definition) is 0. The van der Waals surface area contributed by atoms with E-state index in [1.165, 1.54) is 0 Å². The Hall–Kier alpha value is -3.13. The van der Waals surface area contributed by atoms with Crippen molar-refractivity contribution in [3.05, 3.63) is 107 Å². The normalized spacial score (nSPS) is 18.2. The van der Waals surface area contributed by atoms with Gasteiger partial charge in [0.25, 0.3) is 0 Å². The van der Waals surface area contributed by atoms with Crippen LogP contribution in [0.3, 0.4) is 0 Å². The molecule has 3 aromatic rings. The molecule has 2 nitrogen and oxygen atoms in total. The maximum atomic E-state index is 13.4. The molecule has 0 bridgehead atoms. The largest absolute Gasteiger partial charge is 0.497 e. The molecule has 0 heterocycles. The molecular formula is C24H20O2. The van der Waals surface area contributed by atoms with Crippen molar-refractivity contribution in [2.75, 3.05) is 7.11 Å². The Morgan fingerprint density at radius 3 is 2.27 bits per heavy atom. The molecule has 2 heteroatoms. The van der Waals surface area contributed by atoms with Gasteiger partial charge < -0.3 is 4.74 Å². The van der Waals surface area contributed by atoms with Gasteiger partial charge in [0.2, 0.25) is 0 Å². The molecule has 128 valence electrons. The van der Waals surface area contributed by atoms with Gasteiger partial charge in [0.15, 0.2) is 5.78 Å². The molecule has 0 amide bonds. The molecule has 26 heavy (non-hydrogen) atoms. The standard InChI is InChI=1S/C24H20O2/c1-26-20-14-11-18(12-15-20)22-16-13-17-7-5-6-10-21(17)23(22)24(25)19-8-3-2-4-9-19/h2-16,22-23H,1H3/t22-,23+/m0/s1. The fraction of sp³-hybridized carbons (Fsp3) is 0.125. The van der Waals surface area contributed by atoms with E-state index < -0.39 is 0 Å². The van der Waals surface area contributed by atoms with Gasteiger partial charge in [-0.05, 0) is 28.8 Å². The molecule has 3 aromatic carbocycles. The van der Waals surface area contributed by atoms with Crippen LogP contribution in [-0.4, -0.2) is 12.9 Å². The zero-order chi connectivity index (χ0) is 17.9. The highest BCUT2D eigenvalue weighted by atomic mass is 16.5. The van der Waals surface area contributed by atoms with Crippen molar-refractivity contribution < 1.29 is 9.53 Å². The molecule has 0 aliphatic heterocycles. The number of benzene rings is 3. The highest BCUT2D eigenvalue weighted by Crippen LogP contribution is 2.42. The van der Waals surface area contributed by atoms with E-state index in [4.69, 9.17) is 4.74 Å². The Kier molecular flexibility index (Phi) is 4.40. The number of ether oxygens (including phenoxy) is 1. The molecule has 0 saturated carbocycles. The van der Waals surface area contributed by atoms with Crippen molar-refractivity contribution in [1.82, 2.24) is 0 Å². The Bertz CT molecular complexity index is 939. The van der Waals surface area contributed by atoms with E-state index in [9.17, 15) is 4.79 Å². The number of hydrogen-bond acceptors (Lipinski definition) is 2. The van der Waals surface area contributed by atoms with Gasteiger partial charge in [0, 0.05) is 11.5 Å². The van der Waals surface area contributed by atoms with Crippen LogP contribution < -0.4 is 4.74 Å². The number of carbonyl (C=O) groups excluding carboxylic acids is 1. The van der Waals surface area contributed by atoms with Crippen LogP contribution in [0, 0.1) is 0 Å². The van der Waals surface area contributed by atoms with Gasteiger partial charge in [-0.15, -0.1) is 0 Å². The van der Waals surface area contributed by atoms with E-state index in [2.05, 4.69) is 24.3 Å². The van der Waals surface area contributed by atoms with E-state index in [1.807, 2.05) is 66.7 Å². The topological polar surface area (TPSA) is 26.3 Å². The minimum absolute atomic E-state index is 0.00325. The van der Waals surface area contributed by atoms with Gasteiger partial charge in [-0.3, -0.25) is 4.79 Å². The van der Waals surface area contributed by atoms with Crippen molar-refractivity contribution in [2.45, 2.75) is 11.8 Å². The zero-order valence-electron chi connectivity index (χ0n) is 14.6. The summed E-state index contributed by atoms with van der Waals surface area (Å²) in [5.74, 6) is 0.749. The van der Waals surface area contributed by atoms with E-state index in [0.717, 1.165) is 28.0 Å². The van der Waals surface area contributed by atoms with Gasteiger partial charge in [-0.1, -0.05) is 78.9 Å². The van der Waals surface area contributed by atoms with Crippen molar-refractivity contribution in [1.29, 1.82) is 0 Å². The Morgan fingerprint density at radius 2 is 1.54 bits per heavy atom. The van der Waals surface area contributed by atoms with E-state index >= 15 is 0 Å². The van der Waals surface area contributed by atoms with E-state index in [0.29, 0.717) is 0 Å². The van der Waals surface area contributed by atoms with Crippen LogP contribution in [0.4, 0.5) is 0 Å². The van der Waals surface area contributed by atoms with Crippen LogP contribution in [0.15, 0.2) is 84.9 Å². The predicted molar refractivity (Wildman–Crippen MR) is 105 cm³/mol. The molecule has 1 aliphatic carbocycles. The molecule has 0 fully saturated rings. The molecule has 0 unspecified atom stereocenters. The first kappa shape index (κ1) is 16.3. The second kappa shape index (κ2) is 7.01. The molecule has 0 N–H and O–H groups in total. The maximum Gasteiger partial charge on any atom is 0.171 e. The Labute approximate surface area is 153 Å². The van der Waals surface area contributed by atoms with Crippen molar-refractivity contribution in [3.63, 3.8) is 0 Å². The summed E-state index contributed by atoms with van der Waals surface area (Å²) < 4.78 is 5.27. The SMILES string of the molecule is COc1ccc([C@@H]2C=Cc3ccccc3[C@H]2C(=O)c2ccccc2)cc1. The number of ketones is 1. The average Bonchev–Trinajstić information content (AvgIpc) is 2.73. The lowest BCUT2D eigenvalue weighted by atomic mass is 9.72. The molecule has 4 rings (SSSR count). The third-order valence-corrected chi connectivity index (χ3v) is 5.01. The second-order valence-corrected chi connectivity index (χ2v) is 6.49. The van der Waals surface area contributed by atoms with Crippen LogP contribution in [0.5, 0.6) is 5.75 Å². The molecule has 0 aromatic heterocycles. The Morgan fingerprint density at radius 1 is 0.846 bits per heavy atom. The van der Waals surface area contributed by atoms with Gasteiger partial charge in [-0.25, -0.2) is 0 Å². The number of Topliss-reactive ketones (excluding diaryl/α,β-unsaturated/α-hetero) is 1. The number of rotatable bonds is 4. The number of fused-ring (bicyclic) bond motifs is 1. The highest BCUT2D eigenvalue weighted by Gasteiger charge is 2.33. The van der Waals surface area contributed by atoms with Crippen LogP contribution in [-0.2, 0) is 0 Å². The summed E-state index contributed by atoms with van der Waals surface area (Å²) >= 11 is 0.